The van der Waals surface area contributed by atoms with Crippen molar-refractivity contribution in [1.82, 2.24) is 4.90 Å². The van der Waals surface area contributed by atoms with Gasteiger partial charge < -0.3 is 9.47 Å². The highest BCUT2D eigenvalue weighted by Crippen LogP contribution is 2.34. The zero-order chi connectivity index (χ0) is 18.2. The molecule has 1 aromatic rings. The quantitative estimate of drug-likeness (QED) is 0.792. The minimum Gasteiger partial charge on any atom is -0.444 e. The Hall–Kier alpha value is -1.95. The van der Waals surface area contributed by atoms with Gasteiger partial charge >= 0.3 is 6.09 Å². The monoisotopic (exact) mass is 351 g/mol. The summed E-state index contributed by atoms with van der Waals surface area (Å²) in [4.78, 5) is 14.3. The SMILES string of the molecule is CC(C)(C)OC(=O)N1C2C=C(c3ccc(C(F)F)cc3)CC1COC2. The molecule has 4 nitrogen and oxygen atoms in total. The van der Waals surface area contributed by atoms with E-state index in [1.807, 2.05) is 26.8 Å². The van der Waals surface area contributed by atoms with Gasteiger partial charge in [-0.2, -0.15) is 0 Å². The number of halogens is 2. The number of morpholine rings is 1. The molecule has 0 aliphatic carbocycles. The van der Waals surface area contributed by atoms with Gasteiger partial charge in [0.1, 0.15) is 5.60 Å². The van der Waals surface area contributed by atoms with E-state index < -0.39 is 12.0 Å². The van der Waals surface area contributed by atoms with Crippen molar-refractivity contribution >= 4 is 11.7 Å². The van der Waals surface area contributed by atoms with Gasteiger partial charge in [0.05, 0.1) is 25.3 Å². The van der Waals surface area contributed by atoms with E-state index in [9.17, 15) is 13.6 Å². The van der Waals surface area contributed by atoms with E-state index in [2.05, 4.69) is 0 Å². The van der Waals surface area contributed by atoms with E-state index in [1.165, 1.54) is 12.1 Å². The van der Waals surface area contributed by atoms with Gasteiger partial charge in [0, 0.05) is 5.56 Å². The summed E-state index contributed by atoms with van der Waals surface area (Å²) < 4.78 is 36.5. The fourth-order valence-electron chi connectivity index (χ4n) is 3.25. The second-order valence-corrected chi connectivity index (χ2v) is 7.46. The smallest absolute Gasteiger partial charge is 0.411 e. The number of fused-ring (bicyclic) bond motifs is 2. The molecule has 0 radical (unpaired) electrons. The number of benzene rings is 1. The molecule has 0 aromatic heterocycles. The van der Waals surface area contributed by atoms with Crippen LogP contribution in [0.5, 0.6) is 0 Å². The highest BCUT2D eigenvalue weighted by molar-refractivity contribution is 5.74. The Balaban J connectivity index is 1.82. The van der Waals surface area contributed by atoms with Crippen molar-refractivity contribution in [3.8, 4) is 0 Å². The van der Waals surface area contributed by atoms with E-state index in [0.29, 0.717) is 19.6 Å². The molecule has 0 saturated carbocycles. The Labute approximate surface area is 146 Å². The first-order valence-electron chi connectivity index (χ1n) is 8.43. The number of ether oxygens (including phenoxy) is 2. The van der Waals surface area contributed by atoms with Crippen molar-refractivity contribution in [3.63, 3.8) is 0 Å². The van der Waals surface area contributed by atoms with Crippen LogP contribution >= 0.6 is 0 Å². The van der Waals surface area contributed by atoms with E-state index in [0.717, 1.165) is 11.1 Å². The van der Waals surface area contributed by atoms with E-state index >= 15 is 0 Å². The highest BCUT2D eigenvalue weighted by atomic mass is 19.3. The third-order valence-electron chi connectivity index (χ3n) is 4.34. The average molecular weight is 351 g/mol. The fourth-order valence-corrected chi connectivity index (χ4v) is 3.25. The van der Waals surface area contributed by atoms with Crippen LogP contribution in [0, 0.1) is 0 Å². The molecule has 1 amide bonds. The first-order valence-corrected chi connectivity index (χ1v) is 8.43. The summed E-state index contributed by atoms with van der Waals surface area (Å²) in [5, 5.41) is 0. The molecule has 2 unspecified atom stereocenters. The van der Waals surface area contributed by atoms with Gasteiger partial charge in [-0.05, 0) is 38.3 Å². The first kappa shape index (κ1) is 17.9. The molecule has 2 aliphatic heterocycles. The lowest BCUT2D eigenvalue weighted by Gasteiger charge is -2.44. The standard InChI is InChI=1S/C19H23F2NO3/c1-19(2,3)25-18(23)22-15-8-14(9-16(22)11-24-10-15)12-4-6-13(7-5-12)17(20)21/h4-8,15-17H,9-11H2,1-3H3. The number of nitrogens with zero attached hydrogens (tertiary/aromatic N) is 1. The molecule has 2 aliphatic rings. The van der Waals surface area contributed by atoms with E-state index in [4.69, 9.17) is 9.47 Å². The Morgan fingerprint density at radius 1 is 1.24 bits per heavy atom. The summed E-state index contributed by atoms with van der Waals surface area (Å²) in [5.74, 6) is 0. The predicted octanol–water partition coefficient (Wildman–Crippen LogP) is 4.42. The molecule has 1 saturated heterocycles. The Morgan fingerprint density at radius 2 is 1.92 bits per heavy atom. The fraction of sp³-hybridized carbons (Fsp3) is 0.526. The number of hydrogen-bond acceptors (Lipinski definition) is 3. The van der Waals surface area contributed by atoms with Crippen LogP contribution in [-0.4, -0.2) is 41.9 Å². The molecule has 0 spiro atoms. The maximum Gasteiger partial charge on any atom is 0.411 e. The van der Waals surface area contributed by atoms with Crippen LogP contribution in [0.3, 0.4) is 0 Å². The molecule has 0 N–H and O–H groups in total. The third-order valence-corrected chi connectivity index (χ3v) is 4.34. The lowest BCUT2D eigenvalue weighted by molar-refractivity contribution is -0.0510. The number of hydrogen-bond donors (Lipinski definition) is 0. The van der Waals surface area contributed by atoms with Crippen molar-refractivity contribution in [1.29, 1.82) is 0 Å². The Kier molecular flexibility index (Phi) is 4.82. The normalized spacial score (nSPS) is 23.4. The van der Waals surface area contributed by atoms with Crippen molar-refractivity contribution in [3.05, 3.63) is 41.5 Å². The van der Waals surface area contributed by atoms with Crippen molar-refractivity contribution in [2.24, 2.45) is 0 Å². The van der Waals surface area contributed by atoms with Crippen LogP contribution in [0.2, 0.25) is 0 Å². The van der Waals surface area contributed by atoms with Crippen LogP contribution in [0.15, 0.2) is 30.3 Å². The van der Waals surface area contributed by atoms with Crippen LogP contribution < -0.4 is 0 Å². The zero-order valence-electron chi connectivity index (χ0n) is 14.7. The number of alkyl halides is 2. The summed E-state index contributed by atoms with van der Waals surface area (Å²) >= 11 is 0. The summed E-state index contributed by atoms with van der Waals surface area (Å²) in [6, 6.07) is 6.02. The maximum atomic E-state index is 12.7. The number of carbonyl (C=O) groups is 1. The molecule has 3 rings (SSSR count). The minimum atomic E-state index is -2.47. The molecular formula is C19H23F2NO3. The maximum absolute atomic E-state index is 12.7. The average Bonchev–Trinajstić information content (AvgIpc) is 2.52. The topological polar surface area (TPSA) is 38.8 Å². The van der Waals surface area contributed by atoms with Gasteiger partial charge in [-0.25, -0.2) is 13.6 Å². The molecule has 25 heavy (non-hydrogen) atoms. The van der Waals surface area contributed by atoms with E-state index in [1.54, 1.807) is 17.0 Å². The third kappa shape index (κ3) is 4.00. The zero-order valence-corrected chi connectivity index (χ0v) is 14.7. The lowest BCUT2D eigenvalue weighted by atomic mass is 9.90. The molecule has 136 valence electrons. The van der Waals surface area contributed by atoms with Crippen LogP contribution in [0.1, 0.15) is 44.7 Å². The lowest BCUT2D eigenvalue weighted by Crippen LogP contribution is -2.57. The van der Waals surface area contributed by atoms with Gasteiger partial charge in [0.15, 0.2) is 0 Å². The van der Waals surface area contributed by atoms with Gasteiger partial charge in [-0.1, -0.05) is 30.3 Å². The number of rotatable bonds is 2. The number of carbonyl (C=O) groups excluding carboxylic acids is 1. The summed E-state index contributed by atoms with van der Waals surface area (Å²) in [7, 11) is 0. The van der Waals surface area contributed by atoms with Crippen LogP contribution in [-0.2, 0) is 9.47 Å². The van der Waals surface area contributed by atoms with Gasteiger partial charge in [0.25, 0.3) is 6.43 Å². The highest BCUT2D eigenvalue weighted by Gasteiger charge is 2.40. The largest absolute Gasteiger partial charge is 0.444 e. The molecule has 1 aromatic carbocycles. The van der Waals surface area contributed by atoms with E-state index in [-0.39, 0.29) is 23.7 Å². The van der Waals surface area contributed by atoms with Crippen molar-refractivity contribution in [2.45, 2.75) is 51.3 Å². The van der Waals surface area contributed by atoms with Gasteiger partial charge in [0.2, 0.25) is 0 Å². The minimum absolute atomic E-state index is 0.0130. The van der Waals surface area contributed by atoms with Crippen LogP contribution in [0.25, 0.3) is 5.57 Å². The van der Waals surface area contributed by atoms with Gasteiger partial charge in [-0.3, -0.25) is 4.90 Å². The Bertz CT molecular complexity index is 664. The second kappa shape index (κ2) is 6.75. The molecule has 1 fully saturated rings. The van der Waals surface area contributed by atoms with Crippen molar-refractivity contribution < 1.29 is 23.0 Å². The van der Waals surface area contributed by atoms with Crippen molar-refractivity contribution in [2.75, 3.05) is 13.2 Å². The predicted molar refractivity (Wildman–Crippen MR) is 90.5 cm³/mol. The molecule has 2 atom stereocenters. The second-order valence-electron chi connectivity index (χ2n) is 7.46. The molecule has 6 heteroatoms. The number of amides is 1. The van der Waals surface area contributed by atoms with Crippen LogP contribution in [0.4, 0.5) is 13.6 Å². The molecule has 2 bridgehead atoms. The summed E-state index contributed by atoms with van der Waals surface area (Å²) in [6.07, 6.45) is -0.209. The molecule has 2 heterocycles. The summed E-state index contributed by atoms with van der Waals surface area (Å²) in [6.45, 7) is 6.38. The summed E-state index contributed by atoms with van der Waals surface area (Å²) in [5.41, 5.74) is 1.42. The van der Waals surface area contributed by atoms with Gasteiger partial charge in [-0.15, -0.1) is 0 Å². The Morgan fingerprint density at radius 3 is 2.48 bits per heavy atom. The first-order chi connectivity index (χ1) is 11.7. The molecular weight excluding hydrogens is 328 g/mol.